The molecule has 1 unspecified atom stereocenters. The molecule has 1 saturated heterocycles. The summed E-state index contributed by atoms with van der Waals surface area (Å²) in [5.74, 6) is 1.38. The summed E-state index contributed by atoms with van der Waals surface area (Å²) in [6.45, 7) is 8.25. The maximum absolute atomic E-state index is 12.9. The van der Waals surface area contributed by atoms with Gasteiger partial charge in [-0.2, -0.15) is 0 Å². The standard InChI is InChI=1S/C19H29ClN2O/c1-4-11-22-12-9-16(8-10-20)13-17(22)19(23)21-18-14(2)6-5-7-15(18)3/h5-7,16-17H,4,8-13H2,1-3H3,(H,21,23)/t16?,17-/m0/s1. The number of rotatable bonds is 6. The molecule has 0 spiro atoms. The molecule has 1 aromatic rings. The van der Waals surface area contributed by atoms with E-state index in [0.29, 0.717) is 11.8 Å². The number of nitrogens with zero attached hydrogens (tertiary/aromatic N) is 1. The molecule has 1 aliphatic heterocycles. The normalized spacial score (nSPS) is 22.1. The summed E-state index contributed by atoms with van der Waals surface area (Å²) in [6.07, 6.45) is 4.16. The lowest BCUT2D eigenvalue weighted by Crippen LogP contribution is -2.49. The van der Waals surface area contributed by atoms with Gasteiger partial charge in [-0.25, -0.2) is 0 Å². The molecular formula is C19H29ClN2O. The van der Waals surface area contributed by atoms with Crippen LogP contribution in [0.1, 0.15) is 43.7 Å². The lowest BCUT2D eigenvalue weighted by Gasteiger charge is -2.38. The summed E-state index contributed by atoms with van der Waals surface area (Å²) in [5, 5.41) is 3.19. The van der Waals surface area contributed by atoms with Gasteiger partial charge in [-0.15, -0.1) is 11.6 Å². The van der Waals surface area contributed by atoms with E-state index in [0.717, 1.165) is 55.6 Å². The number of halogens is 1. The van der Waals surface area contributed by atoms with Gasteiger partial charge in [0.15, 0.2) is 0 Å². The molecular weight excluding hydrogens is 308 g/mol. The quantitative estimate of drug-likeness (QED) is 0.783. The first-order chi connectivity index (χ1) is 11.1. The molecule has 0 saturated carbocycles. The Bertz CT molecular complexity index is 512. The van der Waals surface area contributed by atoms with E-state index in [1.807, 2.05) is 32.0 Å². The Morgan fingerprint density at radius 3 is 2.65 bits per heavy atom. The Balaban J connectivity index is 2.12. The van der Waals surface area contributed by atoms with Crippen molar-refractivity contribution in [1.82, 2.24) is 4.90 Å². The van der Waals surface area contributed by atoms with Crippen LogP contribution in [0.5, 0.6) is 0 Å². The molecule has 0 bridgehead atoms. The highest BCUT2D eigenvalue weighted by atomic mass is 35.5. The van der Waals surface area contributed by atoms with Crippen molar-refractivity contribution >= 4 is 23.2 Å². The first kappa shape index (κ1) is 18.3. The van der Waals surface area contributed by atoms with Crippen molar-refractivity contribution in [1.29, 1.82) is 0 Å². The number of benzene rings is 1. The second kappa shape index (κ2) is 8.70. The maximum atomic E-state index is 12.9. The predicted molar refractivity (Wildman–Crippen MR) is 98.3 cm³/mol. The Morgan fingerprint density at radius 1 is 1.35 bits per heavy atom. The molecule has 4 heteroatoms. The van der Waals surface area contributed by atoms with E-state index in [4.69, 9.17) is 11.6 Å². The number of aryl methyl sites for hydroxylation is 2. The topological polar surface area (TPSA) is 32.3 Å². The van der Waals surface area contributed by atoms with Crippen molar-refractivity contribution in [2.45, 2.75) is 52.5 Å². The SMILES string of the molecule is CCCN1CCC(CCCl)C[C@H]1C(=O)Nc1c(C)cccc1C. The van der Waals surface area contributed by atoms with Gasteiger partial charge in [0.1, 0.15) is 0 Å². The molecule has 1 aromatic carbocycles. The van der Waals surface area contributed by atoms with Crippen LogP contribution in [0.25, 0.3) is 0 Å². The molecule has 1 N–H and O–H groups in total. The predicted octanol–water partition coefficient (Wildman–Crippen LogP) is 4.36. The molecule has 128 valence electrons. The van der Waals surface area contributed by atoms with Crippen molar-refractivity contribution in [3.05, 3.63) is 29.3 Å². The van der Waals surface area contributed by atoms with E-state index in [1.54, 1.807) is 0 Å². The van der Waals surface area contributed by atoms with Crippen molar-refractivity contribution in [2.75, 3.05) is 24.3 Å². The van der Waals surface area contributed by atoms with Gasteiger partial charge < -0.3 is 5.32 Å². The van der Waals surface area contributed by atoms with Gasteiger partial charge in [-0.3, -0.25) is 9.69 Å². The maximum Gasteiger partial charge on any atom is 0.241 e. The third-order valence-corrected chi connectivity index (χ3v) is 5.10. The van der Waals surface area contributed by atoms with Crippen LogP contribution in [0.15, 0.2) is 18.2 Å². The number of piperidine rings is 1. The van der Waals surface area contributed by atoms with Gasteiger partial charge >= 0.3 is 0 Å². The third kappa shape index (κ3) is 4.71. The van der Waals surface area contributed by atoms with Crippen LogP contribution in [0.2, 0.25) is 0 Å². The summed E-state index contributed by atoms with van der Waals surface area (Å²) in [6, 6.07) is 6.09. The number of nitrogens with one attached hydrogen (secondary N) is 1. The molecule has 3 nitrogen and oxygen atoms in total. The lowest BCUT2D eigenvalue weighted by molar-refractivity contribution is -0.123. The van der Waals surface area contributed by atoms with Gasteiger partial charge in [0.2, 0.25) is 5.91 Å². The van der Waals surface area contributed by atoms with Crippen LogP contribution in [-0.2, 0) is 4.79 Å². The Kier molecular flexibility index (Phi) is 6.91. The summed E-state index contributed by atoms with van der Waals surface area (Å²) in [7, 11) is 0. The van der Waals surface area contributed by atoms with Crippen molar-refractivity contribution in [2.24, 2.45) is 5.92 Å². The molecule has 23 heavy (non-hydrogen) atoms. The Morgan fingerprint density at radius 2 is 2.04 bits per heavy atom. The van der Waals surface area contributed by atoms with E-state index in [2.05, 4.69) is 17.1 Å². The third-order valence-electron chi connectivity index (χ3n) is 4.88. The van der Waals surface area contributed by atoms with Gasteiger partial charge in [0.05, 0.1) is 6.04 Å². The van der Waals surface area contributed by atoms with Crippen LogP contribution >= 0.6 is 11.6 Å². The highest BCUT2D eigenvalue weighted by Gasteiger charge is 2.32. The zero-order valence-corrected chi connectivity index (χ0v) is 15.3. The van der Waals surface area contributed by atoms with E-state index >= 15 is 0 Å². The van der Waals surface area contributed by atoms with Crippen LogP contribution in [0.3, 0.4) is 0 Å². The Hall–Kier alpha value is -1.06. The highest BCUT2D eigenvalue weighted by molar-refractivity contribution is 6.17. The monoisotopic (exact) mass is 336 g/mol. The minimum atomic E-state index is -0.0316. The van der Waals surface area contributed by atoms with Crippen molar-refractivity contribution < 1.29 is 4.79 Å². The summed E-state index contributed by atoms with van der Waals surface area (Å²) < 4.78 is 0. The van der Waals surface area contributed by atoms with Crippen molar-refractivity contribution in [3.8, 4) is 0 Å². The molecule has 2 atom stereocenters. The fourth-order valence-corrected chi connectivity index (χ4v) is 3.86. The second-order valence-corrected chi connectivity index (χ2v) is 7.05. The summed E-state index contributed by atoms with van der Waals surface area (Å²) in [4.78, 5) is 15.3. The van der Waals surface area contributed by atoms with Gasteiger partial charge in [-0.1, -0.05) is 25.1 Å². The number of hydrogen-bond acceptors (Lipinski definition) is 2. The van der Waals surface area contributed by atoms with E-state index < -0.39 is 0 Å². The molecule has 0 aliphatic carbocycles. The fraction of sp³-hybridized carbons (Fsp3) is 0.632. The number of carbonyl (C=O) groups is 1. The summed E-state index contributed by atoms with van der Waals surface area (Å²) >= 11 is 5.92. The molecule has 1 heterocycles. The molecule has 0 aromatic heterocycles. The van der Waals surface area contributed by atoms with Crippen LogP contribution in [0.4, 0.5) is 5.69 Å². The molecule has 2 rings (SSSR count). The minimum Gasteiger partial charge on any atom is -0.324 e. The van der Waals surface area contributed by atoms with E-state index in [1.165, 1.54) is 0 Å². The average Bonchev–Trinajstić information content (AvgIpc) is 2.53. The number of hydrogen-bond donors (Lipinski definition) is 1. The number of para-hydroxylation sites is 1. The first-order valence-electron chi connectivity index (χ1n) is 8.73. The van der Waals surface area contributed by atoms with E-state index in [9.17, 15) is 4.79 Å². The fourth-order valence-electron chi connectivity index (χ4n) is 3.55. The number of alkyl halides is 1. The largest absolute Gasteiger partial charge is 0.324 e. The number of anilines is 1. The molecule has 1 aliphatic rings. The second-order valence-electron chi connectivity index (χ2n) is 6.68. The van der Waals surface area contributed by atoms with Gasteiger partial charge in [0, 0.05) is 11.6 Å². The average molecular weight is 337 g/mol. The van der Waals surface area contributed by atoms with Crippen molar-refractivity contribution in [3.63, 3.8) is 0 Å². The number of likely N-dealkylation sites (tertiary alicyclic amines) is 1. The zero-order valence-electron chi connectivity index (χ0n) is 14.6. The smallest absolute Gasteiger partial charge is 0.241 e. The number of carbonyl (C=O) groups excluding carboxylic acids is 1. The highest BCUT2D eigenvalue weighted by Crippen LogP contribution is 2.28. The zero-order chi connectivity index (χ0) is 16.8. The van der Waals surface area contributed by atoms with Crippen LogP contribution in [0, 0.1) is 19.8 Å². The lowest BCUT2D eigenvalue weighted by atomic mass is 9.88. The Labute approximate surface area is 145 Å². The first-order valence-corrected chi connectivity index (χ1v) is 9.27. The molecule has 1 amide bonds. The van der Waals surface area contributed by atoms with Crippen LogP contribution in [-0.4, -0.2) is 35.8 Å². The van der Waals surface area contributed by atoms with Crippen LogP contribution < -0.4 is 5.32 Å². The summed E-state index contributed by atoms with van der Waals surface area (Å²) in [5.41, 5.74) is 3.20. The molecule has 1 fully saturated rings. The number of amides is 1. The molecule has 0 radical (unpaired) electrons. The minimum absolute atomic E-state index is 0.0316. The van der Waals surface area contributed by atoms with Gasteiger partial charge in [0.25, 0.3) is 0 Å². The van der Waals surface area contributed by atoms with Gasteiger partial charge in [-0.05, 0) is 69.7 Å². The van der Waals surface area contributed by atoms with E-state index in [-0.39, 0.29) is 11.9 Å².